The zero-order valence-corrected chi connectivity index (χ0v) is 26.8. The summed E-state index contributed by atoms with van der Waals surface area (Å²) < 4.78 is 6.97. The molecule has 0 aliphatic rings. The maximum absolute atomic E-state index is 6.97. The zero-order valence-electron chi connectivity index (χ0n) is 25.3. The minimum atomic E-state index is 0.765. The normalized spacial score (nSPS) is 11.0. The van der Waals surface area contributed by atoms with Gasteiger partial charge in [0.05, 0.1) is 0 Å². The van der Waals surface area contributed by atoms with Crippen molar-refractivity contribution >= 4 is 23.2 Å². The number of hydrogen-bond donors (Lipinski definition) is 0. The fourth-order valence-electron chi connectivity index (χ4n) is 5.99. The lowest BCUT2D eigenvalue weighted by atomic mass is 9.93. The molecule has 0 bridgehead atoms. The Morgan fingerprint density at radius 2 is 0.778 bits per heavy atom. The van der Waals surface area contributed by atoms with Crippen molar-refractivity contribution < 1.29 is 4.74 Å². The van der Waals surface area contributed by atoms with Crippen LogP contribution < -0.4 is 4.74 Å². The van der Waals surface area contributed by atoms with Gasteiger partial charge in [-0.1, -0.05) is 132 Å². The van der Waals surface area contributed by atoms with Crippen LogP contribution in [0.3, 0.4) is 0 Å². The predicted molar refractivity (Wildman–Crippen MR) is 189 cm³/mol. The van der Waals surface area contributed by atoms with Crippen LogP contribution in [0.15, 0.2) is 146 Å². The first-order valence-electron chi connectivity index (χ1n) is 15.6. The summed E-state index contributed by atoms with van der Waals surface area (Å²) in [4.78, 5) is 0. The van der Waals surface area contributed by atoms with Gasteiger partial charge in [0, 0.05) is 10.0 Å². The molecule has 0 amide bonds. The second-order valence-electron chi connectivity index (χ2n) is 11.5. The molecule has 0 saturated heterocycles. The average molecular weight is 628 g/mol. The molecule has 0 aromatic heterocycles. The van der Waals surface area contributed by atoms with Crippen LogP contribution in [0, 0.1) is 0 Å². The maximum atomic E-state index is 6.97. The quantitative estimate of drug-likeness (QED) is 0.131. The first-order valence-corrected chi connectivity index (χ1v) is 16.3. The second kappa shape index (κ2) is 15.1. The summed E-state index contributed by atoms with van der Waals surface area (Å²) in [5.74, 6) is 1.82. The summed E-state index contributed by atoms with van der Waals surface area (Å²) in [6.07, 6.45) is 5.13. The number of halogens is 2. The summed E-state index contributed by atoms with van der Waals surface area (Å²) in [6, 6.07) is 50.6. The molecule has 0 radical (unpaired) electrons. The monoisotopic (exact) mass is 626 g/mol. The molecule has 1 nitrogen and oxygen atoms in total. The molecule has 0 saturated carbocycles. The molecule has 0 aliphatic carbocycles. The van der Waals surface area contributed by atoms with Crippen molar-refractivity contribution in [1.82, 2.24) is 0 Å². The zero-order chi connectivity index (χ0) is 30.8. The highest BCUT2D eigenvalue weighted by Gasteiger charge is 2.16. The van der Waals surface area contributed by atoms with E-state index in [4.69, 9.17) is 27.9 Å². The van der Waals surface area contributed by atoms with E-state index in [0.29, 0.717) is 0 Å². The maximum Gasteiger partial charge on any atom is 0.130 e. The first-order chi connectivity index (χ1) is 22.1. The first kappa shape index (κ1) is 30.7. The Balaban J connectivity index is 1.36. The van der Waals surface area contributed by atoms with Crippen molar-refractivity contribution in [3.05, 3.63) is 200 Å². The highest BCUT2D eigenvalue weighted by Crippen LogP contribution is 2.35. The van der Waals surface area contributed by atoms with Gasteiger partial charge in [-0.15, -0.1) is 0 Å². The van der Waals surface area contributed by atoms with Crippen molar-refractivity contribution in [2.24, 2.45) is 0 Å². The van der Waals surface area contributed by atoms with Gasteiger partial charge in [-0.25, -0.2) is 0 Å². The van der Waals surface area contributed by atoms with E-state index in [0.717, 1.165) is 60.1 Å². The summed E-state index contributed by atoms with van der Waals surface area (Å²) in [5, 5.41) is 1.53. The van der Waals surface area contributed by atoms with Gasteiger partial charge in [0.15, 0.2) is 0 Å². The molecule has 0 heterocycles. The molecular formula is C42H36Cl2O. The topological polar surface area (TPSA) is 9.23 Å². The largest absolute Gasteiger partial charge is 0.457 e. The number of ether oxygens (including phenoxy) is 1. The van der Waals surface area contributed by atoms with Crippen molar-refractivity contribution in [3.8, 4) is 11.5 Å². The minimum absolute atomic E-state index is 0.765. The van der Waals surface area contributed by atoms with E-state index < -0.39 is 0 Å². The molecule has 0 fully saturated rings. The lowest BCUT2D eigenvalue weighted by Gasteiger charge is -2.20. The number of hydrogen-bond acceptors (Lipinski definition) is 1. The lowest BCUT2D eigenvalue weighted by molar-refractivity contribution is 0.468. The van der Waals surface area contributed by atoms with Crippen LogP contribution in [0.4, 0.5) is 0 Å². The Labute approximate surface area is 277 Å². The Kier molecular flexibility index (Phi) is 10.3. The smallest absolute Gasteiger partial charge is 0.130 e. The van der Waals surface area contributed by atoms with Crippen LogP contribution in [-0.4, -0.2) is 0 Å². The van der Waals surface area contributed by atoms with Crippen LogP contribution >= 0.6 is 23.2 Å². The molecule has 0 atom stereocenters. The predicted octanol–water partition coefficient (Wildman–Crippen LogP) is 11.5. The van der Waals surface area contributed by atoms with Crippen LogP contribution in [0.25, 0.3) is 0 Å². The third kappa shape index (κ3) is 8.45. The van der Waals surface area contributed by atoms with Gasteiger partial charge in [-0.2, -0.15) is 0 Å². The van der Waals surface area contributed by atoms with Gasteiger partial charge in [-0.05, 0) is 119 Å². The van der Waals surface area contributed by atoms with Crippen molar-refractivity contribution in [2.45, 2.75) is 38.5 Å². The van der Waals surface area contributed by atoms with Crippen molar-refractivity contribution in [1.29, 1.82) is 0 Å². The van der Waals surface area contributed by atoms with E-state index in [1.54, 1.807) is 0 Å². The molecule has 45 heavy (non-hydrogen) atoms. The van der Waals surface area contributed by atoms with Gasteiger partial charge in [0.25, 0.3) is 0 Å². The third-order valence-electron chi connectivity index (χ3n) is 8.26. The van der Waals surface area contributed by atoms with E-state index in [1.807, 2.05) is 24.3 Å². The highest BCUT2D eigenvalue weighted by atomic mass is 35.5. The van der Waals surface area contributed by atoms with Gasteiger partial charge < -0.3 is 4.74 Å². The molecule has 3 heteroatoms. The minimum Gasteiger partial charge on any atom is -0.457 e. The Morgan fingerprint density at radius 1 is 0.378 bits per heavy atom. The summed E-state index contributed by atoms with van der Waals surface area (Å²) in [5.41, 5.74) is 10.0. The van der Waals surface area contributed by atoms with E-state index in [9.17, 15) is 0 Å². The highest BCUT2D eigenvalue weighted by molar-refractivity contribution is 6.30. The SMILES string of the molecule is Clc1cccc(CCc2c(Cc3ccccc3)cccc2Oc2cccc(Cc3ccccc3)c2CCc2cccc(Cl)c2)c1. The average Bonchev–Trinajstić information content (AvgIpc) is 3.05. The lowest BCUT2D eigenvalue weighted by Crippen LogP contribution is -2.05. The molecule has 0 spiro atoms. The molecular weight excluding hydrogens is 591 g/mol. The molecule has 6 aromatic carbocycles. The fourth-order valence-corrected chi connectivity index (χ4v) is 6.41. The standard InChI is InChI=1S/C42H36Cl2O/c43-37-19-7-15-33(29-37)23-25-39-35(27-31-11-3-1-4-12-31)17-9-21-41(39)45-42-22-10-18-36(28-32-13-5-2-6-14-32)40(42)26-24-34-16-8-20-38(44)30-34/h1-22,29-30H,23-28H2. The van der Waals surface area contributed by atoms with Crippen molar-refractivity contribution in [2.75, 3.05) is 0 Å². The Bertz CT molecular complexity index is 1710. The van der Waals surface area contributed by atoms with E-state index in [-0.39, 0.29) is 0 Å². The molecule has 0 aliphatic heterocycles. The van der Waals surface area contributed by atoms with Crippen molar-refractivity contribution in [3.63, 3.8) is 0 Å². The Morgan fingerprint density at radius 3 is 1.20 bits per heavy atom. The fraction of sp³-hybridized carbons (Fsp3) is 0.143. The molecule has 0 N–H and O–H groups in total. The number of benzene rings is 6. The van der Waals surface area contributed by atoms with Crippen LogP contribution in [0.2, 0.25) is 10.0 Å². The third-order valence-corrected chi connectivity index (χ3v) is 8.73. The van der Waals surface area contributed by atoms with Crippen LogP contribution in [0.1, 0.15) is 44.5 Å². The number of aryl methyl sites for hydroxylation is 2. The van der Waals surface area contributed by atoms with Crippen LogP contribution in [-0.2, 0) is 38.5 Å². The van der Waals surface area contributed by atoms with E-state index >= 15 is 0 Å². The van der Waals surface area contributed by atoms with E-state index in [1.165, 1.54) is 44.5 Å². The second-order valence-corrected chi connectivity index (χ2v) is 12.3. The summed E-state index contributed by atoms with van der Waals surface area (Å²) in [7, 11) is 0. The molecule has 6 aromatic rings. The van der Waals surface area contributed by atoms with E-state index in [2.05, 4.69) is 121 Å². The van der Waals surface area contributed by atoms with Gasteiger partial charge in [-0.3, -0.25) is 0 Å². The molecule has 224 valence electrons. The summed E-state index contributed by atoms with van der Waals surface area (Å²) in [6.45, 7) is 0. The Hall–Kier alpha value is -4.30. The van der Waals surface area contributed by atoms with Gasteiger partial charge in [0.1, 0.15) is 11.5 Å². The molecule has 0 unspecified atom stereocenters. The van der Waals surface area contributed by atoms with Gasteiger partial charge >= 0.3 is 0 Å². The van der Waals surface area contributed by atoms with Gasteiger partial charge in [0.2, 0.25) is 0 Å². The summed E-state index contributed by atoms with van der Waals surface area (Å²) >= 11 is 12.7. The van der Waals surface area contributed by atoms with Crippen LogP contribution in [0.5, 0.6) is 11.5 Å². The molecule has 6 rings (SSSR count). The number of rotatable bonds is 12.